The van der Waals surface area contributed by atoms with E-state index in [0.717, 1.165) is 31.6 Å². The molecule has 3 nitrogen and oxygen atoms in total. The first kappa shape index (κ1) is 25.3. The molecule has 1 atom stereocenters. The molecule has 3 aliphatic rings. The predicted octanol–water partition coefficient (Wildman–Crippen LogP) is 8.13. The highest BCUT2D eigenvalue weighted by molar-refractivity contribution is 5.89. The van der Waals surface area contributed by atoms with E-state index in [-0.39, 0.29) is 29.6 Å². The smallest absolute Gasteiger partial charge is 0.341 e. The standard InChI is InChI=1S/C30H35F3O3/c1-2-3-18-4-6-19(7-5-18)23-14-15-24(29(33)28(23)32)20-8-11-22(12-9-20)36-30(34)25-13-10-21(16-26(25)31)27-17-35-27/h10,13-16,18-20,22,27H,2-9,11-12,17H2,1H3. The molecule has 0 bridgehead atoms. The lowest BCUT2D eigenvalue weighted by molar-refractivity contribution is 0.0189. The third-order valence-corrected chi connectivity index (χ3v) is 8.43. The highest BCUT2D eigenvalue weighted by atomic mass is 19.2. The van der Waals surface area contributed by atoms with E-state index in [9.17, 15) is 9.18 Å². The van der Waals surface area contributed by atoms with Crippen molar-refractivity contribution >= 4 is 5.97 Å². The third kappa shape index (κ3) is 5.49. The molecule has 1 unspecified atom stereocenters. The van der Waals surface area contributed by atoms with Crippen LogP contribution in [0.5, 0.6) is 0 Å². The summed E-state index contributed by atoms with van der Waals surface area (Å²) < 4.78 is 55.4. The molecular weight excluding hydrogens is 465 g/mol. The molecule has 0 spiro atoms. The fourth-order valence-corrected chi connectivity index (χ4v) is 6.22. The van der Waals surface area contributed by atoms with Crippen LogP contribution in [0.3, 0.4) is 0 Å². The number of esters is 1. The molecule has 0 amide bonds. The minimum Gasteiger partial charge on any atom is -0.459 e. The van der Waals surface area contributed by atoms with Gasteiger partial charge in [0.05, 0.1) is 12.2 Å². The van der Waals surface area contributed by atoms with E-state index in [1.807, 2.05) is 0 Å². The monoisotopic (exact) mass is 500 g/mol. The van der Waals surface area contributed by atoms with E-state index < -0.39 is 23.4 Å². The lowest BCUT2D eigenvalue weighted by Gasteiger charge is -2.31. The molecule has 194 valence electrons. The first-order valence-corrected chi connectivity index (χ1v) is 13.5. The van der Waals surface area contributed by atoms with Gasteiger partial charge in [-0.25, -0.2) is 18.0 Å². The van der Waals surface area contributed by atoms with Gasteiger partial charge in [-0.15, -0.1) is 0 Å². The van der Waals surface area contributed by atoms with Gasteiger partial charge >= 0.3 is 5.97 Å². The number of rotatable bonds is 7. The maximum Gasteiger partial charge on any atom is 0.341 e. The summed E-state index contributed by atoms with van der Waals surface area (Å²) in [5.74, 6) is -1.99. The van der Waals surface area contributed by atoms with Gasteiger partial charge in [0.25, 0.3) is 0 Å². The Morgan fingerprint density at radius 1 is 0.889 bits per heavy atom. The van der Waals surface area contributed by atoms with Gasteiger partial charge in [0.1, 0.15) is 18.0 Å². The second kappa shape index (κ2) is 11.0. The first-order valence-electron chi connectivity index (χ1n) is 13.5. The normalized spacial score (nSPS) is 28.1. The van der Waals surface area contributed by atoms with Gasteiger partial charge < -0.3 is 9.47 Å². The first-order chi connectivity index (χ1) is 17.4. The van der Waals surface area contributed by atoms with Crippen molar-refractivity contribution in [3.05, 3.63) is 70.0 Å². The highest BCUT2D eigenvalue weighted by Gasteiger charge is 2.31. The summed E-state index contributed by atoms with van der Waals surface area (Å²) in [4.78, 5) is 12.5. The Labute approximate surface area is 211 Å². The molecule has 3 fully saturated rings. The summed E-state index contributed by atoms with van der Waals surface area (Å²) in [5.41, 5.74) is 1.57. The zero-order chi connectivity index (χ0) is 25.2. The van der Waals surface area contributed by atoms with Crippen LogP contribution in [0.25, 0.3) is 0 Å². The van der Waals surface area contributed by atoms with Crippen molar-refractivity contribution in [2.24, 2.45) is 5.92 Å². The number of carbonyl (C=O) groups excluding carboxylic acids is 1. The maximum absolute atomic E-state index is 15.2. The van der Waals surface area contributed by atoms with E-state index in [0.29, 0.717) is 49.0 Å². The predicted molar refractivity (Wildman–Crippen MR) is 131 cm³/mol. The van der Waals surface area contributed by atoms with Crippen LogP contribution < -0.4 is 0 Å². The van der Waals surface area contributed by atoms with Crippen LogP contribution in [0.1, 0.15) is 116 Å². The average molecular weight is 501 g/mol. The van der Waals surface area contributed by atoms with Crippen molar-refractivity contribution in [2.45, 2.75) is 95.2 Å². The summed E-state index contributed by atoms with van der Waals surface area (Å²) in [7, 11) is 0. The molecule has 2 aliphatic carbocycles. The van der Waals surface area contributed by atoms with Gasteiger partial charge in [-0.3, -0.25) is 0 Å². The summed E-state index contributed by atoms with van der Waals surface area (Å²) in [5, 5.41) is 0. The summed E-state index contributed by atoms with van der Waals surface area (Å²) in [6, 6.07) is 8.01. The van der Waals surface area contributed by atoms with E-state index in [1.54, 1.807) is 18.2 Å². The van der Waals surface area contributed by atoms with Crippen molar-refractivity contribution in [2.75, 3.05) is 6.61 Å². The van der Waals surface area contributed by atoms with Gasteiger partial charge in [0.15, 0.2) is 11.6 Å². The fourth-order valence-electron chi connectivity index (χ4n) is 6.22. The number of halogens is 3. The van der Waals surface area contributed by atoms with Crippen molar-refractivity contribution in [1.29, 1.82) is 0 Å². The molecule has 1 saturated heterocycles. The van der Waals surface area contributed by atoms with Gasteiger partial charge in [0, 0.05) is 0 Å². The summed E-state index contributed by atoms with van der Waals surface area (Å²) in [6.45, 7) is 2.76. The Bertz CT molecular complexity index is 1080. The number of hydrogen-bond donors (Lipinski definition) is 0. The van der Waals surface area contributed by atoms with Crippen molar-refractivity contribution < 1.29 is 27.4 Å². The molecule has 36 heavy (non-hydrogen) atoms. The zero-order valence-corrected chi connectivity index (χ0v) is 20.9. The van der Waals surface area contributed by atoms with Crippen LogP contribution in [-0.4, -0.2) is 18.7 Å². The van der Waals surface area contributed by atoms with Crippen LogP contribution in [0.4, 0.5) is 13.2 Å². The van der Waals surface area contributed by atoms with Gasteiger partial charge in [-0.05, 0) is 97.9 Å². The molecule has 0 radical (unpaired) electrons. The van der Waals surface area contributed by atoms with E-state index in [1.165, 1.54) is 25.0 Å². The van der Waals surface area contributed by atoms with Crippen molar-refractivity contribution in [1.82, 2.24) is 0 Å². The Kier molecular flexibility index (Phi) is 7.71. The van der Waals surface area contributed by atoms with Crippen LogP contribution in [0, 0.1) is 23.4 Å². The largest absolute Gasteiger partial charge is 0.459 e. The molecule has 2 aromatic rings. The molecule has 5 rings (SSSR count). The Balaban J connectivity index is 1.17. The second-order valence-corrected chi connectivity index (χ2v) is 10.8. The van der Waals surface area contributed by atoms with Crippen LogP contribution in [0.15, 0.2) is 30.3 Å². The molecule has 0 aromatic heterocycles. The number of hydrogen-bond acceptors (Lipinski definition) is 3. The lowest BCUT2D eigenvalue weighted by atomic mass is 9.76. The minimum atomic E-state index is -0.717. The Morgan fingerprint density at radius 3 is 2.00 bits per heavy atom. The minimum absolute atomic E-state index is 0.0834. The van der Waals surface area contributed by atoms with E-state index >= 15 is 8.78 Å². The fraction of sp³-hybridized carbons (Fsp3) is 0.567. The van der Waals surface area contributed by atoms with Crippen LogP contribution in [-0.2, 0) is 9.47 Å². The molecule has 1 aliphatic heterocycles. The number of ether oxygens (including phenoxy) is 2. The Morgan fingerprint density at radius 2 is 1.47 bits per heavy atom. The number of carbonyl (C=O) groups is 1. The topological polar surface area (TPSA) is 38.8 Å². The third-order valence-electron chi connectivity index (χ3n) is 8.43. The quantitative estimate of drug-likeness (QED) is 0.285. The average Bonchev–Trinajstić information content (AvgIpc) is 3.73. The number of epoxide rings is 1. The molecule has 0 N–H and O–H groups in total. The second-order valence-electron chi connectivity index (χ2n) is 10.8. The van der Waals surface area contributed by atoms with E-state index in [4.69, 9.17) is 9.47 Å². The summed E-state index contributed by atoms with van der Waals surface area (Å²) >= 11 is 0. The molecule has 2 aromatic carbocycles. The Hall–Kier alpha value is -2.34. The SMILES string of the molecule is CCCC1CCC(c2ccc(C3CCC(OC(=O)c4ccc(C5CO5)cc4F)CC3)c(F)c2F)CC1. The molecule has 2 saturated carbocycles. The molecular formula is C30H35F3O3. The maximum atomic E-state index is 15.2. The van der Waals surface area contributed by atoms with Crippen LogP contribution >= 0.6 is 0 Å². The van der Waals surface area contributed by atoms with Gasteiger partial charge in [0.2, 0.25) is 0 Å². The molecule has 6 heteroatoms. The van der Waals surface area contributed by atoms with E-state index in [2.05, 4.69) is 6.92 Å². The van der Waals surface area contributed by atoms with Gasteiger partial charge in [-0.1, -0.05) is 38.0 Å². The zero-order valence-electron chi connectivity index (χ0n) is 20.9. The number of benzene rings is 2. The van der Waals surface area contributed by atoms with Crippen molar-refractivity contribution in [3.63, 3.8) is 0 Å². The van der Waals surface area contributed by atoms with Crippen molar-refractivity contribution in [3.8, 4) is 0 Å². The van der Waals surface area contributed by atoms with Crippen LogP contribution in [0.2, 0.25) is 0 Å². The molecule has 1 heterocycles. The lowest BCUT2D eigenvalue weighted by Crippen LogP contribution is -2.25. The summed E-state index contributed by atoms with van der Waals surface area (Å²) in [6.07, 6.45) is 8.25. The van der Waals surface area contributed by atoms with Gasteiger partial charge in [-0.2, -0.15) is 0 Å². The highest BCUT2D eigenvalue weighted by Crippen LogP contribution is 2.41.